The van der Waals surface area contributed by atoms with Gasteiger partial charge in [-0.05, 0) is 34.7 Å². The van der Waals surface area contributed by atoms with Crippen LogP contribution in [-0.2, 0) is 17.8 Å². The lowest BCUT2D eigenvalue weighted by Gasteiger charge is -2.08. The number of carbonyl (C=O) groups excluding carboxylic acids is 1. The van der Waals surface area contributed by atoms with Gasteiger partial charge in [0.05, 0.1) is 17.0 Å². The summed E-state index contributed by atoms with van der Waals surface area (Å²) in [7, 11) is 0. The minimum atomic E-state index is -0.0195. The number of amides is 1. The number of aromatic nitrogens is 2. The van der Waals surface area contributed by atoms with Crippen LogP contribution in [0.1, 0.15) is 11.1 Å². The van der Waals surface area contributed by atoms with Gasteiger partial charge in [-0.1, -0.05) is 18.2 Å². The Morgan fingerprint density at radius 3 is 2.82 bits per heavy atom. The number of rotatable bonds is 5. The number of hydrogen-bond donors (Lipinski definition) is 1. The van der Waals surface area contributed by atoms with Crippen molar-refractivity contribution in [3.8, 4) is 10.6 Å². The van der Waals surface area contributed by atoms with Gasteiger partial charge < -0.3 is 5.32 Å². The summed E-state index contributed by atoms with van der Waals surface area (Å²) >= 11 is 1.64. The Hall–Kier alpha value is -2.53. The zero-order valence-corrected chi connectivity index (χ0v) is 12.7. The Bertz CT molecular complexity index is 742. The normalized spacial score (nSPS) is 10.4. The van der Waals surface area contributed by atoms with E-state index in [1.54, 1.807) is 29.9 Å². The monoisotopic (exact) mass is 309 g/mol. The summed E-state index contributed by atoms with van der Waals surface area (Å²) in [5.41, 5.74) is 2.85. The van der Waals surface area contributed by atoms with Crippen LogP contribution in [0.2, 0.25) is 0 Å². The van der Waals surface area contributed by atoms with Gasteiger partial charge in [-0.15, -0.1) is 11.3 Å². The highest BCUT2D eigenvalue weighted by molar-refractivity contribution is 7.13. The molecule has 1 N–H and O–H groups in total. The van der Waals surface area contributed by atoms with E-state index >= 15 is 0 Å². The lowest BCUT2D eigenvalue weighted by atomic mass is 10.1. The van der Waals surface area contributed by atoms with Crippen LogP contribution in [-0.4, -0.2) is 15.9 Å². The van der Waals surface area contributed by atoms with Crippen molar-refractivity contribution in [1.29, 1.82) is 0 Å². The third-order valence-corrected chi connectivity index (χ3v) is 4.09. The minimum absolute atomic E-state index is 0.0195. The Balaban J connectivity index is 1.66. The van der Waals surface area contributed by atoms with Gasteiger partial charge in [0.1, 0.15) is 0 Å². The van der Waals surface area contributed by atoms with Gasteiger partial charge in [0.25, 0.3) is 0 Å². The van der Waals surface area contributed by atoms with Crippen molar-refractivity contribution >= 4 is 17.2 Å². The zero-order chi connectivity index (χ0) is 15.2. The lowest BCUT2D eigenvalue weighted by Crippen LogP contribution is -2.25. The molecule has 0 spiro atoms. The first-order chi connectivity index (χ1) is 10.8. The highest BCUT2D eigenvalue weighted by atomic mass is 32.1. The minimum Gasteiger partial charge on any atom is -0.352 e. The van der Waals surface area contributed by atoms with Gasteiger partial charge in [-0.25, -0.2) is 0 Å². The van der Waals surface area contributed by atoms with Gasteiger partial charge in [-0.3, -0.25) is 14.8 Å². The van der Waals surface area contributed by atoms with Crippen molar-refractivity contribution in [2.24, 2.45) is 0 Å². The van der Waals surface area contributed by atoms with Gasteiger partial charge in [0, 0.05) is 25.1 Å². The second-order valence-electron chi connectivity index (χ2n) is 4.80. The molecule has 0 aromatic carbocycles. The SMILES string of the molecule is O=C(Cc1cccnc1)NCc1cccnc1-c1cccs1. The number of pyridine rings is 2. The van der Waals surface area contributed by atoms with Gasteiger partial charge in [0.2, 0.25) is 5.91 Å². The maximum Gasteiger partial charge on any atom is 0.224 e. The van der Waals surface area contributed by atoms with Crippen molar-refractivity contribution < 1.29 is 4.79 Å². The van der Waals surface area contributed by atoms with E-state index in [0.717, 1.165) is 21.7 Å². The van der Waals surface area contributed by atoms with Crippen LogP contribution < -0.4 is 5.32 Å². The van der Waals surface area contributed by atoms with Gasteiger partial charge in [0.15, 0.2) is 0 Å². The summed E-state index contributed by atoms with van der Waals surface area (Å²) < 4.78 is 0. The molecule has 4 nitrogen and oxygen atoms in total. The van der Waals surface area contributed by atoms with Crippen molar-refractivity contribution in [2.75, 3.05) is 0 Å². The van der Waals surface area contributed by atoms with Crippen LogP contribution in [0, 0.1) is 0 Å². The molecule has 1 amide bonds. The summed E-state index contributed by atoms with van der Waals surface area (Å²) in [6, 6.07) is 11.6. The van der Waals surface area contributed by atoms with Crippen molar-refractivity contribution in [3.05, 3.63) is 71.5 Å². The fraction of sp³-hybridized carbons (Fsp3) is 0.118. The highest BCUT2D eigenvalue weighted by Gasteiger charge is 2.09. The van der Waals surface area contributed by atoms with Crippen molar-refractivity contribution in [2.45, 2.75) is 13.0 Å². The molecular weight excluding hydrogens is 294 g/mol. The molecule has 110 valence electrons. The molecule has 0 atom stereocenters. The molecule has 0 radical (unpaired) electrons. The number of carbonyl (C=O) groups is 1. The summed E-state index contributed by atoms with van der Waals surface area (Å²) in [5, 5.41) is 4.97. The maximum atomic E-state index is 12.0. The molecule has 0 saturated carbocycles. The lowest BCUT2D eigenvalue weighted by molar-refractivity contribution is -0.120. The number of nitrogens with one attached hydrogen (secondary N) is 1. The third kappa shape index (κ3) is 3.56. The molecule has 3 heterocycles. The smallest absolute Gasteiger partial charge is 0.224 e. The van der Waals surface area contributed by atoms with Crippen LogP contribution in [0.15, 0.2) is 60.4 Å². The Kier molecular flexibility index (Phi) is 4.56. The second kappa shape index (κ2) is 6.95. The average Bonchev–Trinajstić information content (AvgIpc) is 3.08. The quantitative estimate of drug-likeness (QED) is 0.788. The van der Waals surface area contributed by atoms with E-state index in [4.69, 9.17) is 0 Å². The molecule has 0 unspecified atom stereocenters. The average molecular weight is 309 g/mol. The summed E-state index contributed by atoms with van der Waals surface area (Å²) in [5.74, 6) is -0.0195. The van der Waals surface area contributed by atoms with E-state index in [-0.39, 0.29) is 5.91 Å². The fourth-order valence-electron chi connectivity index (χ4n) is 2.16. The van der Waals surface area contributed by atoms with Crippen molar-refractivity contribution in [1.82, 2.24) is 15.3 Å². The molecule has 0 aliphatic carbocycles. The first kappa shape index (κ1) is 14.4. The molecule has 0 bridgehead atoms. The van der Waals surface area contributed by atoms with Crippen LogP contribution in [0.4, 0.5) is 0 Å². The van der Waals surface area contributed by atoms with E-state index in [1.807, 2.05) is 41.8 Å². The largest absolute Gasteiger partial charge is 0.352 e. The first-order valence-electron chi connectivity index (χ1n) is 6.96. The van der Waals surface area contributed by atoms with E-state index in [9.17, 15) is 4.79 Å². The Morgan fingerprint density at radius 1 is 1.14 bits per heavy atom. The molecule has 3 aromatic rings. The first-order valence-corrected chi connectivity index (χ1v) is 7.84. The van der Waals surface area contributed by atoms with Crippen LogP contribution in [0.25, 0.3) is 10.6 Å². The molecule has 3 aromatic heterocycles. The Morgan fingerprint density at radius 2 is 2.05 bits per heavy atom. The predicted molar refractivity (Wildman–Crippen MR) is 87.3 cm³/mol. The zero-order valence-electron chi connectivity index (χ0n) is 11.9. The molecule has 0 saturated heterocycles. The third-order valence-electron chi connectivity index (χ3n) is 3.21. The standard InChI is InChI=1S/C17H15N3OS/c21-16(10-13-4-1-7-18-11-13)20-12-14-5-2-8-19-17(14)15-6-3-9-22-15/h1-9,11H,10,12H2,(H,20,21). The van der Waals surface area contributed by atoms with Crippen LogP contribution in [0.5, 0.6) is 0 Å². The van der Waals surface area contributed by atoms with Crippen molar-refractivity contribution in [3.63, 3.8) is 0 Å². The molecule has 0 aliphatic heterocycles. The summed E-state index contributed by atoms with van der Waals surface area (Å²) in [6.45, 7) is 0.472. The Labute approximate surface area is 132 Å². The topological polar surface area (TPSA) is 54.9 Å². The molecule has 3 rings (SSSR count). The van der Waals surface area contributed by atoms with Crippen LogP contribution >= 0.6 is 11.3 Å². The molecule has 5 heteroatoms. The van der Waals surface area contributed by atoms with E-state index < -0.39 is 0 Å². The predicted octanol–water partition coefficient (Wildman–Crippen LogP) is 3.06. The summed E-state index contributed by atoms with van der Waals surface area (Å²) in [6.07, 6.45) is 5.52. The second-order valence-corrected chi connectivity index (χ2v) is 5.75. The number of hydrogen-bond acceptors (Lipinski definition) is 4. The molecule has 22 heavy (non-hydrogen) atoms. The van der Waals surface area contributed by atoms with E-state index in [1.165, 1.54) is 0 Å². The van der Waals surface area contributed by atoms with E-state index in [2.05, 4.69) is 15.3 Å². The molecule has 0 aliphatic rings. The molecular formula is C17H15N3OS. The van der Waals surface area contributed by atoms with Gasteiger partial charge >= 0.3 is 0 Å². The van der Waals surface area contributed by atoms with Gasteiger partial charge in [-0.2, -0.15) is 0 Å². The highest BCUT2D eigenvalue weighted by Crippen LogP contribution is 2.25. The number of nitrogens with zero attached hydrogens (tertiary/aromatic N) is 2. The number of thiophene rings is 1. The summed E-state index contributed by atoms with van der Waals surface area (Å²) in [4.78, 5) is 21.6. The fourth-order valence-corrected chi connectivity index (χ4v) is 2.92. The van der Waals surface area contributed by atoms with E-state index in [0.29, 0.717) is 13.0 Å². The van der Waals surface area contributed by atoms with Crippen LogP contribution in [0.3, 0.4) is 0 Å². The maximum absolute atomic E-state index is 12.0. The molecule has 0 fully saturated rings.